The molecule has 0 amide bonds. The summed E-state index contributed by atoms with van der Waals surface area (Å²) >= 11 is 19.9. The first-order valence-electron chi connectivity index (χ1n) is 4.34. The Hall–Kier alpha value is -0.0300. The van der Waals surface area contributed by atoms with E-state index in [1.165, 1.54) is 0 Å². The summed E-state index contributed by atoms with van der Waals surface area (Å²) in [6.45, 7) is 0. The van der Waals surface area contributed by atoms with Crippen molar-refractivity contribution in [1.82, 2.24) is 4.98 Å². The van der Waals surface area contributed by atoms with Crippen LogP contribution in [0.5, 0.6) is 0 Å². The minimum atomic E-state index is 0.473. The van der Waals surface area contributed by atoms with Gasteiger partial charge in [0.15, 0.2) is 0 Å². The molecule has 0 spiro atoms. The average Bonchev–Trinajstić information content (AvgIpc) is 2.15. The molecule has 82 valence electrons. The molecule has 0 aliphatic rings. The van der Waals surface area contributed by atoms with Crippen molar-refractivity contribution in [2.24, 2.45) is 0 Å². The zero-order valence-corrected chi connectivity index (χ0v) is 12.3. The van der Waals surface area contributed by atoms with Gasteiger partial charge in [-0.3, -0.25) is 0 Å². The van der Waals surface area contributed by atoms with Gasteiger partial charge in [0, 0.05) is 25.4 Å². The molecule has 2 rings (SSSR count). The third kappa shape index (κ3) is 2.80. The highest BCUT2D eigenvalue weighted by molar-refractivity contribution is 14.1. The fourth-order valence-electron chi connectivity index (χ4n) is 1.33. The molecule has 2 aromatic rings. The first-order valence-corrected chi connectivity index (χ1v) is 6.55. The maximum Gasteiger partial charge on any atom is 0.130 e. The first-order chi connectivity index (χ1) is 7.56. The van der Waals surface area contributed by atoms with Gasteiger partial charge in [0.2, 0.25) is 0 Å². The smallest absolute Gasteiger partial charge is 0.130 e. The lowest BCUT2D eigenvalue weighted by Gasteiger charge is -2.06. The van der Waals surface area contributed by atoms with E-state index in [-0.39, 0.29) is 0 Å². The molecule has 1 heterocycles. The van der Waals surface area contributed by atoms with Crippen LogP contribution in [0, 0.1) is 3.57 Å². The third-order valence-corrected chi connectivity index (χ3v) is 3.53. The molecule has 0 atom stereocenters. The summed E-state index contributed by atoms with van der Waals surface area (Å²) in [5, 5.41) is 1.68. The summed E-state index contributed by atoms with van der Waals surface area (Å²) in [6, 6.07) is 7.19. The van der Waals surface area contributed by atoms with Crippen LogP contribution in [-0.4, -0.2) is 4.98 Å². The summed E-state index contributed by atoms with van der Waals surface area (Å²) in [5.41, 5.74) is 1.90. The molecule has 0 fully saturated rings. The lowest BCUT2D eigenvalue weighted by molar-refractivity contribution is 1.31. The first kappa shape index (κ1) is 12.4. The van der Waals surface area contributed by atoms with Crippen LogP contribution >= 0.6 is 57.4 Å². The molecule has 0 radical (unpaired) electrons. The Balaban J connectivity index is 2.58. The summed E-state index contributed by atoms with van der Waals surface area (Å²) < 4.78 is 1.01. The van der Waals surface area contributed by atoms with Crippen molar-refractivity contribution >= 4 is 57.4 Å². The Kier molecular flexibility index (Phi) is 3.95. The quantitative estimate of drug-likeness (QED) is 0.479. The number of aromatic nitrogens is 1. The highest BCUT2D eigenvalue weighted by atomic mass is 127. The molecule has 1 aromatic carbocycles. The normalized spacial score (nSPS) is 10.5. The van der Waals surface area contributed by atoms with Gasteiger partial charge in [0.1, 0.15) is 5.15 Å². The van der Waals surface area contributed by atoms with Gasteiger partial charge in [-0.15, -0.1) is 0 Å². The van der Waals surface area contributed by atoms with E-state index in [0.717, 1.165) is 14.7 Å². The molecule has 0 aliphatic carbocycles. The number of benzene rings is 1. The van der Waals surface area contributed by atoms with Crippen molar-refractivity contribution in [1.29, 1.82) is 0 Å². The van der Waals surface area contributed by atoms with E-state index in [2.05, 4.69) is 27.6 Å². The van der Waals surface area contributed by atoms with Gasteiger partial charge in [-0.05, 0) is 52.4 Å². The molecule has 5 heteroatoms. The van der Waals surface area contributed by atoms with E-state index in [1.807, 2.05) is 12.1 Å². The highest BCUT2D eigenvalue weighted by Gasteiger charge is 2.06. The Morgan fingerprint density at radius 1 is 0.938 bits per heavy atom. The third-order valence-electron chi connectivity index (χ3n) is 1.99. The second-order valence-corrected chi connectivity index (χ2v) is 5.57. The molecule has 1 nitrogen and oxygen atoms in total. The van der Waals surface area contributed by atoms with Gasteiger partial charge >= 0.3 is 0 Å². The van der Waals surface area contributed by atoms with E-state index in [4.69, 9.17) is 34.8 Å². The molecule has 0 saturated carbocycles. The van der Waals surface area contributed by atoms with Crippen LogP contribution in [0.25, 0.3) is 11.1 Å². The van der Waals surface area contributed by atoms with E-state index in [1.54, 1.807) is 18.3 Å². The molecule has 0 N–H and O–H groups in total. The second-order valence-electron chi connectivity index (χ2n) is 3.14. The van der Waals surface area contributed by atoms with E-state index in [0.29, 0.717) is 15.2 Å². The number of hydrogen-bond acceptors (Lipinski definition) is 1. The molecule has 0 aliphatic heterocycles. The minimum absolute atomic E-state index is 0.473. The molecular weight excluding hydrogens is 379 g/mol. The van der Waals surface area contributed by atoms with Crippen LogP contribution < -0.4 is 0 Å². The largest absolute Gasteiger partial charge is 0.244 e. The predicted molar refractivity (Wildman–Crippen MR) is 77.4 cm³/mol. The molecule has 0 bridgehead atoms. The van der Waals surface area contributed by atoms with Crippen LogP contribution in [0.2, 0.25) is 15.2 Å². The van der Waals surface area contributed by atoms with Gasteiger partial charge in [0.25, 0.3) is 0 Å². The Bertz CT molecular complexity index is 522. The molecule has 0 saturated heterocycles. The van der Waals surface area contributed by atoms with Crippen molar-refractivity contribution in [3.05, 3.63) is 49.2 Å². The summed E-state index contributed by atoms with van der Waals surface area (Å²) in [4.78, 5) is 4.05. The van der Waals surface area contributed by atoms with Crippen molar-refractivity contribution in [2.45, 2.75) is 0 Å². The summed E-state index contributed by atoms with van der Waals surface area (Å²) in [7, 11) is 0. The van der Waals surface area contributed by atoms with Crippen molar-refractivity contribution in [3.8, 4) is 11.1 Å². The van der Waals surface area contributed by atoms with Gasteiger partial charge in [-0.2, -0.15) is 0 Å². The maximum absolute atomic E-state index is 5.95. The zero-order chi connectivity index (χ0) is 11.7. The van der Waals surface area contributed by atoms with Crippen LogP contribution in [-0.2, 0) is 0 Å². The Morgan fingerprint density at radius 2 is 1.56 bits per heavy atom. The zero-order valence-electron chi connectivity index (χ0n) is 7.85. The fourth-order valence-corrected chi connectivity index (χ4v) is 2.94. The number of hydrogen-bond donors (Lipinski definition) is 0. The Labute approximate surface area is 122 Å². The predicted octanol–water partition coefficient (Wildman–Crippen LogP) is 5.31. The van der Waals surface area contributed by atoms with Gasteiger partial charge < -0.3 is 0 Å². The number of rotatable bonds is 1. The maximum atomic E-state index is 5.95. The fraction of sp³-hybridized carbons (Fsp3) is 0. The Morgan fingerprint density at radius 3 is 2.12 bits per heavy atom. The lowest BCUT2D eigenvalue weighted by atomic mass is 10.1. The second kappa shape index (κ2) is 5.08. The molecule has 16 heavy (non-hydrogen) atoms. The van der Waals surface area contributed by atoms with Crippen LogP contribution in [0.4, 0.5) is 0 Å². The van der Waals surface area contributed by atoms with Crippen molar-refractivity contribution in [3.63, 3.8) is 0 Å². The van der Waals surface area contributed by atoms with E-state index >= 15 is 0 Å². The summed E-state index contributed by atoms with van der Waals surface area (Å²) in [5.74, 6) is 0. The highest BCUT2D eigenvalue weighted by Crippen LogP contribution is 2.30. The standard InChI is InChI=1S/C11H5Cl3IN/c12-7-1-6(2-8(13)3-7)9-5-16-11(14)4-10(9)15/h1-5H. The molecule has 0 unspecified atom stereocenters. The van der Waals surface area contributed by atoms with E-state index in [9.17, 15) is 0 Å². The topological polar surface area (TPSA) is 12.9 Å². The minimum Gasteiger partial charge on any atom is -0.244 e. The molecular formula is C11H5Cl3IN. The van der Waals surface area contributed by atoms with Crippen molar-refractivity contribution in [2.75, 3.05) is 0 Å². The number of pyridine rings is 1. The van der Waals surface area contributed by atoms with Gasteiger partial charge in [-0.25, -0.2) is 4.98 Å². The van der Waals surface area contributed by atoms with Gasteiger partial charge in [-0.1, -0.05) is 34.8 Å². The SMILES string of the molecule is Clc1cc(Cl)cc(-c2cnc(Cl)cc2I)c1. The van der Waals surface area contributed by atoms with Crippen LogP contribution in [0.15, 0.2) is 30.5 Å². The van der Waals surface area contributed by atoms with Crippen LogP contribution in [0.3, 0.4) is 0 Å². The lowest BCUT2D eigenvalue weighted by Crippen LogP contribution is -1.86. The van der Waals surface area contributed by atoms with E-state index < -0.39 is 0 Å². The number of halogens is 4. The summed E-state index contributed by atoms with van der Waals surface area (Å²) in [6.07, 6.45) is 1.71. The van der Waals surface area contributed by atoms with Crippen LogP contribution in [0.1, 0.15) is 0 Å². The van der Waals surface area contributed by atoms with Gasteiger partial charge in [0.05, 0.1) is 0 Å². The van der Waals surface area contributed by atoms with Crippen molar-refractivity contribution < 1.29 is 0 Å². The monoisotopic (exact) mass is 383 g/mol. The number of nitrogens with zero attached hydrogens (tertiary/aromatic N) is 1. The average molecular weight is 384 g/mol. The molecule has 1 aromatic heterocycles.